The van der Waals surface area contributed by atoms with Crippen molar-refractivity contribution >= 4 is 6.09 Å². The number of hydrogen-bond acceptors (Lipinski definition) is 2. The molecule has 2 aromatic carbocycles. The highest BCUT2D eigenvalue weighted by Gasteiger charge is 2.15. The summed E-state index contributed by atoms with van der Waals surface area (Å²) in [4.78, 5) is 11.6. The molecule has 0 aliphatic rings. The Morgan fingerprint density at radius 2 is 1.54 bits per heavy atom. The summed E-state index contributed by atoms with van der Waals surface area (Å²) in [6.07, 6.45) is 0.119. The number of alkyl carbamates (subject to hydrolysis) is 1. The van der Waals surface area contributed by atoms with Gasteiger partial charge >= 0.3 is 6.09 Å². The third-order valence-corrected chi connectivity index (χ3v) is 3.18. The summed E-state index contributed by atoms with van der Waals surface area (Å²) in [6, 6.07) is 17.6. The molecule has 1 N–H and O–H groups in total. The SMILES string of the molecule is CC(C)(C)OC(=O)NCCC#Cc1ccccc1C#Cc1ccccc1. The minimum atomic E-state index is -0.494. The lowest BCUT2D eigenvalue weighted by Crippen LogP contribution is -2.32. The van der Waals surface area contributed by atoms with Gasteiger partial charge in [-0.25, -0.2) is 4.79 Å². The van der Waals surface area contributed by atoms with Crippen molar-refractivity contribution in [2.45, 2.75) is 32.8 Å². The number of carbonyl (C=O) groups excluding carboxylic acids is 1. The van der Waals surface area contributed by atoms with Crippen LogP contribution in [0.1, 0.15) is 43.9 Å². The second-order valence-corrected chi connectivity index (χ2v) is 6.64. The van der Waals surface area contributed by atoms with Crippen LogP contribution >= 0.6 is 0 Å². The topological polar surface area (TPSA) is 38.3 Å². The maximum absolute atomic E-state index is 11.6. The van der Waals surface area contributed by atoms with Crippen molar-refractivity contribution in [1.82, 2.24) is 5.32 Å². The van der Waals surface area contributed by atoms with E-state index < -0.39 is 11.7 Å². The van der Waals surface area contributed by atoms with E-state index in [1.165, 1.54) is 0 Å². The van der Waals surface area contributed by atoms with Crippen LogP contribution in [0.3, 0.4) is 0 Å². The lowest BCUT2D eigenvalue weighted by Gasteiger charge is -2.19. The molecule has 132 valence electrons. The summed E-state index contributed by atoms with van der Waals surface area (Å²) in [5.41, 5.74) is 2.25. The first-order valence-electron chi connectivity index (χ1n) is 8.56. The van der Waals surface area contributed by atoms with Gasteiger partial charge in [0, 0.05) is 29.7 Å². The smallest absolute Gasteiger partial charge is 0.407 e. The van der Waals surface area contributed by atoms with E-state index in [4.69, 9.17) is 4.74 Å². The van der Waals surface area contributed by atoms with Gasteiger partial charge < -0.3 is 10.1 Å². The Morgan fingerprint density at radius 1 is 0.923 bits per heavy atom. The fourth-order valence-corrected chi connectivity index (χ4v) is 2.06. The van der Waals surface area contributed by atoms with Crippen molar-refractivity contribution < 1.29 is 9.53 Å². The van der Waals surface area contributed by atoms with Gasteiger partial charge in [-0.05, 0) is 45.0 Å². The summed E-state index contributed by atoms with van der Waals surface area (Å²) >= 11 is 0. The largest absolute Gasteiger partial charge is 0.444 e. The van der Waals surface area contributed by atoms with Gasteiger partial charge in [-0.1, -0.05) is 54.0 Å². The zero-order chi connectivity index (χ0) is 18.8. The van der Waals surface area contributed by atoms with Crippen LogP contribution in [0.4, 0.5) is 4.79 Å². The van der Waals surface area contributed by atoms with E-state index in [1.54, 1.807) is 0 Å². The molecule has 3 heteroatoms. The Labute approximate surface area is 155 Å². The second-order valence-electron chi connectivity index (χ2n) is 6.64. The number of hydrogen-bond donors (Lipinski definition) is 1. The quantitative estimate of drug-likeness (QED) is 0.649. The standard InChI is InChI=1S/C23H23NO2/c1-23(2,3)26-22(25)24-18-10-9-15-20-13-7-8-14-21(20)17-16-19-11-5-4-6-12-19/h4-8,11-14H,10,18H2,1-3H3,(H,24,25). The number of nitrogens with one attached hydrogen (secondary N) is 1. The molecular formula is C23H23NO2. The van der Waals surface area contributed by atoms with E-state index in [9.17, 15) is 4.79 Å². The molecule has 3 nitrogen and oxygen atoms in total. The lowest BCUT2D eigenvalue weighted by molar-refractivity contribution is 0.0529. The van der Waals surface area contributed by atoms with E-state index in [0.717, 1.165) is 16.7 Å². The molecule has 0 atom stereocenters. The van der Waals surface area contributed by atoms with E-state index in [0.29, 0.717) is 13.0 Å². The van der Waals surface area contributed by atoms with Crippen molar-refractivity contribution in [1.29, 1.82) is 0 Å². The highest BCUT2D eigenvalue weighted by Crippen LogP contribution is 2.07. The van der Waals surface area contributed by atoms with Crippen molar-refractivity contribution in [3.63, 3.8) is 0 Å². The maximum atomic E-state index is 11.6. The molecule has 0 spiro atoms. The summed E-state index contributed by atoms with van der Waals surface area (Å²) in [5, 5.41) is 2.70. The van der Waals surface area contributed by atoms with E-state index in [2.05, 4.69) is 29.0 Å². The predicted molar refractivity (Wildman–Crippen MR) is 105 cm³/mol. The molecule has 0 saturated carbocycles. The summed E-state index contributed by atoms with van der Waals surface area (Å²) in [5.74, 6) is 12.5. The van der Waals surface area contributed by atoms with Crippen LogP contribution < -0.4 is 5.32 Å². The third-order valence-electron chi connectivity index (χ3n) is 3.18. The minimum Gasteiger partial charge on any atom is -0.444 e. The highest BCUT2D eigenvalue weighted by molar-refractivity contribution is 5.67. The molecule has 0 saturated heterocycles. The maximum Gasteiger partial charge on any atom is 0.407 e. The predicted octanol–water partition coefficient (Wildman–Crippen LogP) is 4.35. The summed E-state index contributed by atoms with van der Waals surface area (Å²) in [7, 11) is 0. The Kier molecular flexibility index (Phi) is 6.89. The van der Waals surface area contributed by atoms with Crippen LogP contribution in [0.2, 0.25) is 0 Å². The van der Waals surface area contributed by atoms with Gasteiger partial charge in [-0.3, -0.25) is 0 Å². The van der Waals surface area contributed by atoms with Crippen molar-refractivity contribution in [2.75, 3.05) is 6.54 Å². The van der Waals surface area contributed by atoms with Gasteiger partial charge in [-0.15, -0.1) is 0 Å². The minimum absolute atomic E-state index is 0.423. The highest BCUT2D eigenvalue weighted by atomic mass is 16.6. The first-order chi connectivity index (χ1) is 12.4. The van der Waals surface area contributed by atoms with E-state index in [1.807, 2.05) is 75.4 Å². The number of ether oxygens (including phenoxy) is 1. The van der Waals surface area contributed by atoms with Crippen LogP contribution in [0.5, 0.6) is 0 Å². The van der Waals surface area contributed by atoms with Crippen molar-refractivity contribution in [3.8, 4) is 23.7 Å². The van der Waals surface area contributed by atoms with E-state index in [-0.39, 0.29) is 0 Å². The van der Waals surface area contributed by atoms with Gasteiger partial charge in [0.25, 0.3) is 0 Å². The first kappa shape index (κ1) is 19.2. The van der Waals surface area contributed by atoms with Crippen molar-refractivity contribution in [2.24, 2.45) is 0 Å². The van der Waals surface area contributed by atoms with Gasteiger partial charge in [0.1, 0.15) is 5.60 Å². The van der Waals surface area contributed by atoms with Gasteiger partial charge in [0.2, 0.25) is 0 Å². The second kappa shape index (κ2) is 9.35. The molecule has 26 heavy (non-hydrogen) atoms. The van der Waals surface area contributed by atoms with Gasteiger partial charge in [0.15, 0.2) is 0 Å². The normalized spacial score (nSPS) is 9.96. The number of amides is 1. The summed E-state index contributed by atoms with van der Waals surface area (Å²) < 4.78 is 5.18. The molecule has 1 amide bonds. The van der Waals surface area contributed by atoms with Crippen LogP contribution in [-0.2, 0) is 4.74 Å². The molecule has 0 aliphatic carbocycles. The molecule has 0 heterocycles. The number of benzene rings is 2. The van der Waals surface area contributed by atoms with Crippen LogP contribution in [-0.4, -0.2) is 18.2 Å². The Bertz CT molecular complexity index is 856. The van der Waals surface area contributed by atoms with Crippen molar-refractivity contribution in [3.05, 3.63) is 71.3 Å². The Hall–Kier alpha value is -3.17. The summed E-state index contributed by atoms with van der Waals surface area (Å²) in [6.45, 7) is 5.94. The average Bonchev–Trinajstić information content (AvgIpc) is 2.60. The lowest BCUT2D eigenvalue weighted by atomic mass is 10.1. The van der Waals surface area contributed by atoms with Crippen LogP contribution in [0.25, 0.3) is 0 Å². The number of carbonyl (C=O) groups is 1. The molecule has 0 aliphatic heterocycles. The van der Waals surface area contributed by atoms with Gasteiger partial charge in [-0.2, -0.15) is 0 Å². The molecular weight excluding hydrogens is 322 g/mol. The zero-order valence-corrected chi connectivity index (χ0v) is 15.4. The molecule has 0 aromatic heterocycles. The first-order valence-corrected chi connectivity index (χ1v) is 8.56. The average molecular weight is 345 g/mol. The zero-order valence-electron chi connectivity index (χ0n) is 15.4. The Balaban J connectivity index is 1.94. The molecule has 0 unspecified atom stereocenters. The number of rotatable bonds is 2. The third kappa shape index (κ3) is 7.16. The van der Waals surface area contributed by atoms with E-state index >= 15 is 0 Å². The Morgan fingerprint density at radius 3 is 2.19 bits per heavy atom. The monoisotopic (exact) mass is 345 g/mol. The van der Waals surface area contributed by atoms with Crippen LogP contribution in [0.15, 0.2) is 54.6 Å². The van der Waals surface area contributed by atoms with Gasteiger partial charge in [0.05, 0.1) is 0 Å². The fraction of sp³-hybridized carbons (Fsp3) is 0.261. The molecule has 2 aromatic rings. The molecule has 0 fully saturated rings. The van der Waals surface area contributed by atoms with Crippen LogP contribution in [0, 0.1) is 23.7 Å². The molecule has 0 bridgehead atoms. The molecule has 2 rings (SSSR count). The fourth-order valence-electron chi connectivity index (χ4n) is 2.06. The molecule has 0 radical (unpaired) electrons.